The number of aromatic nitrogens is 2. The fraction of sp³-hybridized carbons (Fsp3) is 0.571. The van der Waals surface area contributed by atoms with Gasteiger partial charge >= 0.3 is 0 Å². The molecule has 0 bridgehead atoms. The molecule has 2 N–H and O–H groups in total. The smallest absolute Gasteiger partial charge is 0.260 e. The first-order chi connectivity index (χ1) is 13.5. The van der Waals surface area contributed by atoms with Crippen LogP contribution in [0.15, 0.2) is 28.8 Å². The lowest BCUT2D eigenvalue weighted by Gasteiger charge is -2.38. The minimum Gasteiger partial charge on any atom is -0.484 e. The van der Waals surface area contributed by atoms with Crippen LogP contribution in [-0.4, -0.2) is 39.6 Å². The van der Waals surface area contributed by atoms with Crippen molar-refractivity contribution in [3.63, 3.8) is 0 Å². The average molecular weight is 421 g/mol. The maximum Gasteiger partial charge on any atom is 0.260 e. The Morgan fingerprint density at radius 3 is 2.45 bits per heavy atom. The molecule has 2 unspecified atom stereocenters. The molecule has 1 amide bonds. The van der Waals surface area contributed by atoms with Crippen LogP contribution in [0.25, 0.3) is 11.5 Å². The van der Waals surface area contributed by atoms with E-state index in [1.54, 1.807) is 0 Å². The molecule has 0 spiro atoms. The van der Waals surface area contributed by atoms with Gasteiger partial charge in [0.15, 0.2) is 12.4 Å². The standard InChI is InChI=1S/C21H28N4O3.ClH/c1-14-5-3-6-15(2)25(14)18(26)13-27-17-9-7-16(8-10-17)19-23-20(24-28-19)21(22)11-4-12-21;/h7-10,14-15H,3-6,11-13,22H2,1-2H3;1H. The second-order valence-corrected chi connectivity index (χ2v) is 8.18. The first-order valence-electron chi connectivity index (χ1n) is 10.1. The molecule has 1 aliphatic carbocycles. The van der Waals surface area contributed by atoms with E-state index in [2.05, 4.69) is 24.0 Å². The van der Waals surface area contributed by atoms with E-state index in [4.69, 9.17) is 15.0 Å². The molecule has 2 heterocycles. The number of rotatable bonds is 5. The lowest BCUT2D eigenvalue weighted by atomic mass is 9.77. The van der Waals surface area contributed by atoms with Crippen molar-refractivity contribution in [3.8, 4) is 17.2 Å². The summed E-state index contributed by atoms with van der Waals surface area (Å²) < 4.78 is 11.1. The van der Waals surface area contributed by atoms with Gasteiger partial charge in [0.25, 0.3) is 11.8 Å². The Hall–Kier alpha value is -2.12. The van der Waals surface area contributed by atoms with Crippen LogP contribution in [0.2, 0.25) is 0 Å². The molecule has 1 aromatic heterocycles. The SMILES string of the molecule is CC1CCCC(C)N1C(=O)COc1ccc(-c2nc(C3(N)CCC3)no2)cc1.Cl. The van der Waals surface area contributed by atoms with Crippen molar-refractivity contribution < 1.29 is 14.1 Å². The summed E-state index contributed by atoms with van der Waals surface area (Å²) >= 11 is 0. The summed E-state index contributed by atoms with van der Waals surface area (Å²) in [5, 5.41) is 4.04. The zero-order valence-corrected chi connectivity index (χ0v) is 17.8. The van der Waals surface area contributed by atoms with Crippen LogP contribution in [0.5, 0.6) is 5.75 Å². The molecule has 0 radical (unpaired) electrons. The Kier molecular flexibility index (Phi) is 6.49. The summed E-state index contributed by atoms with van der Waals surface area (Å²) in [5.74, 6) is 1.71. The first kappa shape index (κ1) is 21.6. The quantitative estimate of drug-likeness (QED) is 0.793. The van der Waals surface area contributed by atoms with E-state index < -0.39 is 5.54 Å². The summed E-state index contributed by atoms with van der Waals surface area (Å²) in [6, 6.07) is 7.89. The predicted molar refractivity (Wildman–Crippen MR) is 112 cm³/mol. The van der Waals surface area contributed by atoms with Gasteiger partial charge in [0, 0.05) is 17.6 Å². The van der Waals surface area contributed by atoms with Gasteiger partial charge in [-0.2, -0.15) is 4.98 Å². The molecule has 8 heteroatoms. The third-order valence-corrected chi connectivity index (χ3v) is 6.06. The van der Waals surface area contributed by atoms with Gasteiger partial charge in [-0.25, -0.2) is 0 Å². The molecule has 1 aromatic carbocycles. The maximum atomic E-state index is 12.6. The fourth-order valence-electron chi connectivity index (χ4n) is 4.15. The molecule has 1 saturated carbocycles. The van der Waals surface area contributed by atoms with E-state index in [1.165, 1.54) is 6.42 Å². The number of likely N-dealkylation sites (tertiary alicyclic amines) is 1. The molecule has 1 saturated heterocycles. The fourth-order valence-corrected chi connectivity index (χ4v) is 4.15. The first-order valence-corrected chi connectivity index (χ1v) is 10.1. The number of hydrogen-bond acceptors (Lipinski definition) is 6. The molecular weight excluding hydrogens is 392 g/mol. The number of hydrogen-bond donors (Lipinski definition) is 1. The number of halogens is 1. The van der Waals surface area contributed by atoms with E-state index in [0.717, 1.165) is 37.7 Å². The number of carbonyl (C=O) groups is 1. The Morgan fingerprint density at radius 2 is 1.86 bits per heavy atom. The third kappa shape index (κ3) is 4.41. The highest BCUT2D eigenvalue weighted by molar-refractivity contribution is 5.85. The number of benzene rings is 1. The van der Waals surface area contributed by atoms with Crippen LogP contribution in [-0.2, 0) is 10.3 Å². The molecular formula is C21H29ClN4O3. The van der Waals surface area contributed by atoms with Crippen molar-refractivity contribution in [3.05, 3.63) is 30.1 Å². The van der Waals surface area contributed by atoms with Gasteiger partial charge in [-0.15, -0.1) is 12.4 Å². The molecule has 2 atom stereocenters. The Morgan fingerprint density at radius 1 is 1.21 bits per heavy atom. The Bertz CT molecular complexity index is 825. The highest BCUT2D eigenvalue weighted by Gasteiger charge is 2.39. The van der Waals surface area contributed by atoms with Gasteiger partial charge < -0.3 is 19.9 Å². The monoisotopic (exact) mass is 420 g/mol. The molecule has 1 aliphatic heterocycles. The second kappa shape index (κ2) is 8.71. The van der Waals surface area contributed by atoms with Gasteiger partial charge in [0.2, 0.25) is 0 Å². The van der Waals surface area contributed by atoms with Gasteiger partial charge in [0.05, 0.1) is 5.54 Å². The highest BCUT2D eigenvalue weighted by Crippen LogP contribution is 2.37. The lowest BCUT2D eigenvalue weighted by molar-refractivity contribution is -0.139. The van der Waals surface area contributed by atoms with Crippen molar-refractivity contribution in [2.24, 2.45) is 5.73 Å². The molecule has 7 nitrogen and oxygen atoms in total. The number of ether oxygens (including phenoxy) is 1. The van der Waals surface area contributed by atoms with E-state index >= 15 is 0 Å². The number of amides is 1. The van der Waals surface area contributed by atoms with Gasteiger partial charge in [-0.05, 0) is 76.6 Å². The molecule has 2 aliphatic rings. The third-order valence-electron chi connectivity index (χ3n) is 6.06. The van der Waals surface area contributed by atoms with Crippen LogP contribution >= 0.6 is 12.4 Å². The van der Waals surface area contributed by atoms with E-state index in [0.29, 0.717) is 17.5 Å². The predicted octanol–water partition coefficient (Wildman–Crippen LogP) is 3.66. The summed E-state index contributed by atoms with van der Waals surface area (Å²) in [6.07, 6.45) is 6.17. The number of nitrogens with two attached hydrogens (primary N) is 1. The van der Waals surface area contributed by atoms with Crippen LogP contribution in [0.1, 0.15) is 58.2 Å². The minimum absolute atomic E-state index is 0. The average Bonchev–Trinajstić information content (AvgIpc) is 3.15. The van der Waals surface area contributed by atoms with Gasteiger partial charge in [0.1, 0.15) is 5.75 Å². The van der Waals surface area contributed by atoms with Crippen molar-refractivity contribution in [2.75, 3.05) is 6.61 Å². The van der Waals surface area contributed by atoms with Crippen molar-refractivity contribution >= 4 is 18.3 Å². The molecule has 4 rings (SSSR count). The zero-order valence-electron chi connectivity index (χ0n) is 17.0. The summed E-state index contributed by atoms with van der Waals surface area (Å²) in [4.78, 5) is 19.0. The van der Waals surface area contributed by atoms with Gasteiger partial charge in [-0.1, -0.05) is 5.16 Å². The molecule has 2 aromatic rings. The summed E-state index contributed by atoms with van der Waals surface area (Å²) in [5.41, 5.74) is 6.62. The van der Waals surface area contributed by atoms with Crippen molar-refractivity contribution in [1.29, 1.82) is 0 Å². The number of carbonyl (C=O) groups excluding carboxylic acids is 1. The second-order valence-electron chi connectivity index (χ2n) is 8.18. The summed E-state index contributed by atoms with van der Waals surface area (Å²) in [7, 11) is 0. The normalized spacial score (nSPS) is 23.1. The largest absolute Gasteiger partial charge is 0.484 e. The Labute approximate surface area is 177 Å². The maximum absolute atomic E-state index is 12.6. The van der Waals surface area contributed by atoms with Crippen LogP contribution in [0.3, 0.4) is 0 Å². The number of piperidine rings is 1. The van der Waals surface area contributed by atoms with Crippen LogP contribution < -0.4 is 10.5 Å². The molecule has 158 valence electrons. The van der Waals surface area contributed by atoms with Gasteiger partial charge in [-0.3, -0.25) is 4.79 Å². The van der Waals surface area contributed by atoms with Crippen molar-refractivity contribution in [2.45, 2.75) is 70.0 Å². The van der Waals surface area contributed by atoms with E-state index in [9.17, 15) is 4.79 Å². The molecule has 2 fully saturated rings. The summed E-state index contributed by atoms with van der Waals surface area (Å²) in [6.45, 7) is 4.26. The Balaban J connectivity index is 0.00000240. The van der Waals surface area contributed by atoms with E-state index in [-0.39, 0.29) is 37.0 Å². The van der Waals surface area contributed by atoms with Crippen molar-refractivity contribution in [1.82, 2.24) is 15.0 Å². The van der Waals surface area contributed by atoms with Crippen LogP contribution in [0.4, 0.5) is 0 Å². The zero-order chi connectivity index (χ0) is 19.7. The minimum atomic E-state index is -0.437. The molecule has 29 heavy (non-hydrogen) atoms. The lowest BCUT2D eigenvalue weighted by Crippen LogP contribution is -2.49. The topological polar surface area (TPSA) is 94.5 Å². The van der Waals surface area contributed by atoms with Crippen LogP contribution in [0, 0.1) is 0 Å². The number of nitrogens with zero attached hydrogens (tertiary/aromatic N) is 3. The highest BCUT2D eigenvalue weighted by atomic mass is 35.5. The van der Waals surface area contributed by atoms with E-state index in [1.807, 2.05) is 29.2 Å².